The van der Waals surface area contributed by atoms with Crippen molar-refractivity contribution in [2.24, 2.45) is 5.73 Å². The summed E-state index contributed by atoms with van der Waals surface area (Å²) in [5, 5.41) is 3.29. The Morgan fingerprint density at radius 3 is 2.45 bits per heavy atom. The second-order valence-corrected chi connectivity index (χ2v) is 5.41. The number of hydrogen-bond acceptors (Lipinski definition) is 4. The van der Waals surface area contributed by atoms with Crippen LogP contribution in [0, 0.1) is 6.92 Å². The number of rotatable bonds is 4. The van der Waals surface area contributed by atoms with Crippen molar-refractivity contribution in [2.75, 3.05) is 5.32 Å². The Morgan fingerprint density at radius 1 is 1.10 bits per heavy atom. The van der Waals surface area contributed by atoms with Crippen LogP contribution in [0.25, 0.3) is 0 Å². The second kappa shape index (κ2) is 6.01. The third-order valence-corrected chi connectivity index (χ3v) is 3.16. The number of nitrogens with two attached hydrogens (primary N) is 1. The molecule has 0 aliphatic carbocycles. The fourth-order valence-corrected chi connectivity index (χ4v) is 2.07. The molecule has 1 heterocycles. The SMILES string of the molecule is Cc1cc(C(C)C)nc(Nc2ccccc2C(C)N)n1. The van der Waals surface area contributed by atoms with Gasteiger partial charge in [-0.2, -0.15) is 0 Å². The molecule has 1 unspecified atom stereocenters. The molecule has 0 aliphatic heterocycles. The van der Waals surface area contributed by atoms with Gasteiger partial charge in [0, 0.05) is 23.1 Å². The van der Waals surface area contributed by atoms with Gasteiger partial charge in [-0.05, 0) is 37.5 Å². The maximum absolute atomic E-state index is 6.00. The molecular formula is C16H22N4. The average Bonchev–Trinajstić information content (AvgIpc) is 2.38. The maximum atomic E-state index is 6.00. The van der Waals surface area contributed by atoms with E-state index in [-0.39, 0.29) is 6.04 Å². The zero-order chi connectivity index (χ0) is 14.7. The first-order chi connectivity index (χ1) is 9.47. The van der Waals surface area contributed by atoms with E-state index in [1.54, 1.807) is 0 Å². The van der Waals surface area contributed by atoms with Crippen LogP contribution in [0.4, 0.5) is 11.6 Å². The predicted molar refractivity (Wildman–Crippen MR) is 83.2 cm³/mol. The van der Waals surface area contributed by atoms with E-state index in [1.165, 1.54) is 0 Å². The van der Waals surface area contributed by atoms with Gasteiger partial charge in [0.1, 0.15) is 0 Å². The van der Waals surface area contributed by atoms with Gasteiger partial charge >= 0.3 is 0 Å². The van der Waals surface area contributed by atoms with Gasteiger partial charge in [0.15, 0.2) is 0 Å². The normalized spacial score (nSPS) is 12.5. The smallest absolute Gasteiger partial charge is 0.227 e. The number of para-hydroxylation sites is 1. The number of aromatic nitrogens is 2. The molecular weight excluding hydrogens is 248 g/mol. The molecule has 2 rings (SSSR count). The lowest BCUT2D eigenvalue weighted by molar-refractivity contribution is 0.808. The zero-order valence-corrected chi connectivity index (χ0v) is 12.5. The lowest BCUT2D eigenvalue weighted by Gasteiger charge is -2.15. The molecule has 20 heavy (non-hydrogen) atoms. The zero-order valence-electron chi connectivity index (χ0n) is 12.5. The molecule has 1 atom stereocenters. The molecule has 0 amide bonds. The Kier molecular flexibility index (Phi) is 4.35. The van der Waals surface area contributed by atoms with Crippen molar-refractivity contribution >= 4 is 11.6 Å². The van der Waals surface area contributed by atoms with Crippen molar-refractivity contribution < 1.29 is 0 Å². The molecule has 1 aromatic heterocycles. The van der Waals surface area contributed by atoms with Crippen LogP contribution in [0.5, 0.6) is 0 Å². The molecule has 0 saturated heterocycles. The van der Waals surface area contributed by atoms with E-state index in [1.807, 2.05) is 44.2 Å². The minimum atomic E-state index is -0.0342. The second-order valence-electron chi connectivity index (χ2n) is 5.41. The summed E-state index contributed by atoms with van der Waals surface area (Å²) in [6, 6.07) is 9.97. The molecule has 4 heteroatoms. The third kappa shape index (κ3) is 3.33. The summed E-state index contributed by atoms with van der Waals surface area (Å²) in [7, 11) is 0. The standard InChI is InChI=1S/C16H22N4/c1-10(2)15-9-11(3)18-16(20-15)19-14-8-6-5-7-13(14)12(4)17/h5-10,12H,17H2,1-4H3,(H,18,19,20). The van der Waals surface area contributed by atoms with E-state index in [4.69, 9.17) is 5.73 Å². The number of nitrogens with one attached hydrogen (secondary N) is 1. The predicted octanol–water partition coefficient (Wildman–Crippen LogP) is 3.67. The molecule has 0 fully saturated rings. The van der Waals surface area contributed by atoms with Crippen LogP contribution in [-0.4, -0.2) is 9.97 Å². The Labute approximate surface area is 120 Å². The Morgan fingerprint density at radius 2 is 1.80 bits per heavy atom. The highest BCUT2D eigenvalue weighted by molar-refractivity contribution is 5.59. The van der Waals surface area contributed by atoms with E-state index in [9.17, 15) is 0 Å². The molecule has 0 bridgehead atoms. The molecule has 1 aromatic carbocycles. The molecule has 0 aliphatic rings. The fraction of sp³-hybridized carbons (Fsp3) is 0.375. The van der Waals surface area contributed by atoms with Gasteiger partial charge < -0.3 is 11.1 Å². The van der Waals surface area contributed by atoms with Crippen molar-refractivity contribution in [3.05, 3.63) is 47.3 Å². The van der Waals surface area contributed by atoms with Gasteiger partial charge in [-0.1, -0.05) is 32.0 Å². The van der Waals surface area contributed by atoms with Crippen LogP contribution in [-0.2, 0) is 0 Å². The van der Waals surface area contributed by atoms with Crippen LogP contribution >= 0.6 is 0 Å². The average molecular weight is 270 g/mol. The number of nitrogens with zero attached hydrogens (tertiary/aromatic N) is 2. The molecule has 106 valence electrons. The molecule has 0 spiro atoms. The largest absolute Gasteiger partial charge is 0.324 e. The lowest BCUT2D eigenvalue weighted by Crippen LogP contribution is -2.09. The Balaban J connectivity index is 2.35. The monoisotopic (exact) mass is 270 g/mol. The van der Waals surface area contributed by atoms with Gasteiger partial charge in [-0.3, -0.25) is 0 Å². The fourth-order valence-electron chi connectivity index (χ4n) is 2.07. The minimum absolute atomic E-state index is 0.0342. The summed E-state index contributed by atoms with van der Waals surface area (Å²) in [5.41, 5.74) is 10.0. The van der Waals surface area contributed by atoms with E-state index >= 15 is 0 Å². The van der Waals surface area contributed by atoms with Gasteiger partial charge in [0.05, 0.1) is 0 Å². The van der Waals surface area contributed by atoms with Crippen molar-refractivity contribution in [3.63, 3.8) is 0 Å². The number of aryl methyl sites for hydroxylation is 1. The van der Waals surface area contributed by atoms with Gasteiger partial charge in [-0.25, -0.2) is 9.97 Å². The molecule has 0 saturated carbocycles. The van der Waals surface area contributed by atoms with Crippen molar-refractivity contribution in [2.45, 2.75) is 39.7 Å². The van der Waals surface area contributed by atoms with E-state index in [0.717, 1.165) is 22.6 Å². The number of benzene rings is 1. The van der Waals surface area contributed by atoms with Gasteiger partial charge in [0.2, 0.25) is 5.95 Å². The summed E-state index contributed by atoms with van der Waals surface area (Å²) in [4.78, 5) is 9.01. The van der Waals surface area contributed by atoms with E-state index in [0.29, 0.717) is 11.9 Å². The molecule has 2 aromatic rings. The lowest BCUT2D eigenvalue weighted by atomic mass is 10.1. The van der Waals surface area contributed by atoms with E-state index in [2.05, 4.69) is 29.1 Å². The highest BCUT2D eigenvalue weighted by Gasteiger charge is 2.09. The Hall–Kier alpha value is -1.94. The van der Waals surface area contributed by atoms with Crippen molar-refractivity contribution in [1.29, 1.82) is 0 Å². The molecule has 4 nitrogen and oxygen atoms in total. The maximum Gasteiger partial charge on any atom is 0.227 e. The van der Waals surface area contributed by atoms with Crippen molar-refractivity contribution in [3.8, 4) is 0 Å². The first kappa shape index (κ1) is 14.5. The number of hydrogen-bond donors (Lipinski definition) is 2. The van der Waals surface area contributed by atoms with Crippen LogP contribution in [0.1, 0.15) is 49.7 Å². The molecule has 0 radical (unpaired) electrons. The Bertz CT molecular complexity index is 591. The number of anilines is 2. The quantitative estimate of drug-likeness (QED) is 0.889. The highest BCUT2D eigenvalue weighted by atomic mass is 15.1. The van der Waals surface area contributed by atoms with Crippen LogP contribution < -0.4 is 11.1 Å². The highest BCUT2D eigenvalue weighted by Crippen LogP contribution is 2.24. The third-order valence-electron chi connectivity index (χ3n) is 3.16. The summed E-state index contributed by atoms with van der Waals surface area (Å²) in [5.74, 6) is 1.00. The minimum Gasteiger partial charge on any atom is -0.324 e. The first-order valence-electron chi connectivity index (χ1n) is 6.94. The van der Waals surface area contributed by atoms with Gasteiger partial charge in [-0.15, -0.1) is 0 Å². The summed E-state index contributed by atoms with van der Waals surface area (Å²) in [6.07, 6.45) is 0. The van der Waals surface area contributed by atoms with Gasteiger partial charge in [0.25, 0.3) is 0 Å². The molecule has 3 N–H and O–H groups in total. The van der Waals surface area contributed by atoms with E-state index < -0.39 is 0 Å². The summed E-state index contributed by atoms with van der Waals surface area (Å²) in [6.45, 7) is 8.20. The topological polar surface area (TPSA) is 63.8 Å². The first-order valence-corrected chi connectivity index (χ1v) is 6.94. The summed E-state index contributed by atoms with van der Waals surface area (Å²) >= 11 is 0. The van der Waals surface area contributed by atoms with Crippen LogP contribution in [0.2, 0.25) is 0 Å². The van der Waals surface area contributed by atoms with Crippen LogP contribution in [0.3, 0.4) is 0 Å². The van der Waals surface area contributed by atoms with Crippen LogP contribution in [0.15, 0.2) is 30.3 Å². The summed E-state index contributed by atoms with van der Waals surface area (Å²) < 4.78 is 0. The van der Waals surface area contributed by atoms with Crippen molar-refractivity contribution in [1.82, 2.24) is 9.97 Å².